The summed E-state index contributed by atoms with van der Waals surface area (Å²) in [4.78, 5) is 11.6. The van der Waals surface area contributed by atoms with Gasteiger partial charge in [-0.3, -0.25) is 9.69 Å². The Morgan fingerprint density at radius 3 is 1.69 bits per heavy atom. The summed E-state index contributed by atoms with van der Waals surface area (Å²) in [5.74, 6) is -0.952. The molecule has 0 aliphatic carbocycles. The molecule has 0 atom stereocenters. The SMILES string of the molecule is O=C(O)CN(CCO)CCO.[Na+].[Na+]. The summed E-state index contributed by atoms with van der Waals surface area (Å²) < 4.78 is 0. The first kappa shape index (κ1) is 19.9. The standard InChI is InChI=1S/C6H13NO4.2Na/c8-3-1-7(2-4-9)5-6(10)11;;/h8-9H,1-5H2,(H,10,11);;/q;2*+1. The molecule has 5 nitrogen and oxygen atoms in total. The summed E-state index contributed by atoms with van der Waals surface area (Å²) in [5.41, 5.74) is 0. The average molecular weight is 209 g/mol. The van der Waals surface area contributed by atoms with E-state index in [1.165, 1.54) is 4.90 Å². The van der Waals surface area contributed by atoms with Gasteiger partial charge in [-0.05, 0) is 0 Å². The molecule has 0 aromatic heterocycles. The van der Waals surface area contributed by atoms with E-state index in [2.05, 4.69) is 0 Å². The molecule has 3 N–H and O–H groups in total. The maximum absolute atomic E-state index is 10.2. The molecular weight excluding hydrogens is 196 g/mol. The van der Waals surface area contributed by atoms with Gasteiger partial charge in [0.1, 0.15) is 0 Å². The van der Waals surface area contributed by atoms with Crippen molar-refractivity contribution >= 4 is 5.97 Å². The number of carboxylic acids is 1. The minimum atomic E-state index is -0.952. The fraction of sp³-hybridized carbons (Fsp3) is 0.833. The fourth-order valence-electron chi connectivity index (χ4n) is 0.744. The largest absolute Gasteiger partial charge is 1.00 e. The Bertz CT molecular complexity index is 119. The van der Waals surface area contributed by atoms with Crippen LogP contribution in [0.25, 0.3) is 0 Å². The molecule has 0 radical (unpaired) electrons. The Balaban J connectivity index is -0.000000500. The van der Waals surface area contributed by atoms with Crippen LogP contribution >= 0.6 is 0 Å². The van der Waals surface area contributed by atoms with Gasteiger partial charge >= 0.3 is 65.1 Å². The van der Waals surface area contributed by atoms with Crippen LogP contribution in [-0.4, -0.2) is 59.0 Å². The van der Waals surface area contributed by atoms with Gasteiger partial charge in [0.15, 0.2) is 0 Å². The predicted molar refractivity (Wildman–Crippen MR) is 38.2 cm³/mol. The van der Waals surface area contributed by atoms with E-state index >= 15 is 0 Å². The molecule has 0 aliphatic rings. The molecule has 0 aliphatic heterocycles. The van der Waals surface area contributed by atoms with Gasteiger partial charge in [-0.1, -0.05) is 0 Å². The minimum absolute atomic E-state index is 0. The number of nitrogens with zero attached hydrogens (tertiary/aromatic N) is 1. The third-order valence-electron chi connectivity index (χ3n) is 1.19. The Kier molecular flexibility index (Phi) is 20.4. The van der Waals surface area contributed by atoms with Crippen molar-refractivity contribution in [3.63, 3.8) is 0 Å². The third kappa shape index (κ3) is 13.3. The molecule has 0 aromatic rings. The van der Waals surface area contributed by atoms with Crippen molar-refractivity contribution in [2.75, 3.05) is 32.8 Å². The van der Waals surface area contributed by atoms with Crippen molar-refractivity contribution in [3.8, 4) is 0 Å². The van der Waals surface area contributed by atoms with Crippen molar-refractivity contribution in [3.05, 3.63) is 0 Å². The molecule has 0 saturated heterocycles. The van der Waals surface area contributed by atoms with Crippen molar-refractivity contribution in [2.24, 2.45) is 0 Å². The smallest absolute Gasteiger partial charge is 0.480 e. The summed E-state index contributed by atoms with van der Waals surface area (Å²) in [5, 5.41) is 25.3. The quantitative estimate of drug-likeness (QED) is 0.379. The van der Waals surface area contributed by atoms with E-state index in [1.807, 2.05) is 0 Å². The Labute approximate surface area is 122 Å². The maximum Gasteiger partial charge on any atom is 1.00 e. The van der Waals surface area contributed by atoms with Crippen LogP contribution in [0.5, 0.6) is 0 Å². The van der Waals surface area contributed by atoms with E-state index in [-0.39, 0.29) is 92.0 Å². The van der Waals surface area contributed by atoms with Crippen molar-refractivity contribution in [1.82, 2.24) is 4.90 Å². The predicted octanol–water partition coefficient (Wildman–Crippen LogP) is -7.63. The normalized spacial score (nSPS) is 8.85. The molecule has 0 aromatic carbocycles. The molecule has 0 saturated carbocycles. The van der Waals surface area contributed by atoms with E-state index in [0.29, 0.717) is 0 Å². The Morgan fingerprint density at radius 2 is 1.46 bits per heavy atom. The third-order valence-corrected chi connectivity index (χ3v) is 1.19. The van der Waals surface area contributed by atoms with Gasteiger partial charge in [-0.2, -0.15) is 0 Å². The average Bonchev–Trinajstić information content (AvgIpc) is 1.87. The summed E-state index contributed by atoms with van der Waals surface area (Å²) in [6.07, 6.45) is 0. The number of aliphatic carboxylic acids is 1. The van der Waals surface area contributed by atoms with Crippen LogP contribution in [0.1, 0.15) is 0 Å². The van der Waals surface area contributed by atoms with Crippen LogP contribution in [0.15, 0.2) is 0 Å². The van der Waals surface area contributed by atoms with Gasteiger partial charge in [0, 0.05) is 13.1 Å². The number of carboxylic acid groups (broad SMARTS) is 1. The summed E-state index contributed by atoms with van der Waals surface area (Å²) >= 11 is 0. The second-order valence-corrected chi connectivity index (χ2v) is 2.12. The summed E-state index contributed by atoms with van der Waals surface area (Å²) in [6, 6.07) is 0. The van der Waals surface area contributed by atoms with Crippen molar-refractivity contribution in [1.29, 1.82) is 0 Å². The van der Waals surface area contributed by atoms with E-state index < -0.39 is 5.97 Å². The van der Waals surface area contributed by atoms with Crippen LogP contribution in [0.4, 0.5) is 0 Å². The van der Waals surface area contributed by atoms with Crippen LogP contribution < -0.4 is 59.1 Å². The molecule has 13 heavy (non-hydrogen) atoms. The van der Waals surface area contributed by atoms with Gasteiger partial charge < -0.3 is 15.3 Å². The van der Waals surface area contributed by atoms with Crippen molar-refractivity contribution < 1.29 is 79.2 Å². The fourth-order valence-corrected chi connectivity index (χ4v) is 0.744. The van der Waals surface area contributed by atoms with Gasteiger partial charge in [-0.25, -0.2) is 0 Å². The number of rotatable bonds is 6. The van der Waals surface area contributed by atoms with Crippen LogP contribution in [0.3, 0.4) is 0 Å². The molecule has 0 unspecified atom stereocenters. The molecular formula is C6H13NNa2O4+2. The first-order valence-electron chi connectivity index (χ1n) is 3.36. The van der Waals surface area contributed by atoms with E-state index in [1.54, 1.807) is 0 Å². The van der Waals surface area contributed by atoms with E-state index in [9.17, 15) is 4.79 Å². The topological polar surface area (TPSA) is 81.0 Å². The second kappa shape index (κ2) is 13.4. The number of hydrogen-bond donors (Lipinski definition) is 3. The van der Waals surface area contributed by atoms with E-state index in [0.717, 1.165) is 0 Å². The minimum Gasteiger partial charge on any atom is -0.480 e. The molecule has 0 bridgehead atoms. The first-order valence-corrected chi connectivity index (χ1v) is 3.36. The molecule has 0 spiro atoms. The molecule has 0 heterocycles. The second-order valence-electron chi connectivity index (χ2n) is 2.12. The molecule has 0 amide bonds. The Morgan fingerprint density at radius 1 is 1.08 bits per heavy atom. The van der Waals surface area contributed by atoms with Crippen LogP contribution in [0, 0.1) is 0 Å². The van der Waals surface area contributed by atoms with E-state index in [4.69, 9.17) is 15.3 Å². The number of aliphatic hydroxyl groups is 2. The first-order chi connectivity index (χ1) is 5.20. The zero-order chi connectivity index (χ0) is 8.69. The van der Waals surface area contributed by atoms with Gasteiger partial charge in [0.2, 0.25) is 0 Å². The van der Waals surface area contributed by atoms with Gasteiger partial charge in [0.25, 0.3) is 0 Å². The summed E-state index contributed by atoms with van der Waals surface area (Å²) in [7, 11) is 0. The molecule has 66 valence electrons. The number of carbonyl (C=O) groups is 1. The molecule has 7 heteroatoms. The van der Waals surface area contributed by atoms with Crippen LogP contribution in [-0.2, 0) is 4.79 Å². The number of aliphatic hydroxyl groups excluding tert-OH is 2. The summed E-state index contributed by atoms with van der Waals surface area (Å²) in [6.45, 7) is 0.251. The monoisotopic (exact) mass is 209 g/mol. The van der Waals surface area contributed by atoms with Gasteiger partial charge in [-0.15, -0.1) is 0 Å². The zero-order valence-electron chi connectivity index (χ0n) is 8.23. The molecule has 0 fully saturated rings. The Hall–Kier alpha value is 1.35. The van der Waals surface area contributed by atoms with Gasteiger partial charge in [0.05, 0.1) is 19.8 Å². The van der Waals surface area contributed by atoms with Crippen LogP contribution in [0.2, 0.25) is 0 Å². The maximum atomic E-state index is 10.2. The molecule has 0 rings (SSSR count). The zero-order valence-corrected chi connectivity index (χ0v) is 12.2. The van der Waals surface area contributed by atoms with Crippen molar-refractivity contribution in [2.45, 2.75) is 0 Å². The number of hydrogen-bond acceptors (Lipinski definition) is 4.